The molecule has 100 valence electrons. The molecule has 0 radical (unpaired) electrons. The number of hydrogen-bond acceptors (Lipinski definition) is 5. The van der Waals surface area contributed by atoms with Crippen LogP contribution in [-0.4, -0.2) is 58.6 Å². The van der Waals surface area contributed by atoms with Crippen molar-refractivity contribution in [2.24, 2.45) is 0 Å². The van der Waals surface area contributed by atoms with Crippen molar-refractivity contribution in [1.29, 1.82) is 0 Å². The highest BCUT2D eigenvalue weighted by molar-refractivity contribution is 14.1. The molecular formula is C11H17IN4O2. The summed E-state index contributed by atoms with van der Waals surface area (Å²) in [6, 6.07) is 0.00750. The molecule has 2 rings (SSSR count). The number of rotatable bonds is 1. The molecule has 1 atom stereocenters. The van der Waals surface area contributed by atoms with Gasteiger partial charge in [0.1, 0.15) is 9.39 Å². The SMILES string of the molecule is CN1CCCN(C)C(c2nc(O)c(I)c(=O)[nH]2)C1. The minimum atomic E-state index is -0.279. The van der Waals surface area contributed by atoms with Gasteiger partial charge in [-0.15, -0.1) is 0 Å². The van der Waals surface area contributed by atoms with Gasteiger partial charge in [-0.2, -0.15) is 4.98 Å². The molecule has 1 unspecified atom stereocenters. The smallest absolute Gasteiger partial charge is 0.268 e. The highest BCUT2D eigenvalue weighted by Gasteiger charge is 2.25. The molecule has 1 saturated heterocycles. The van der Waals surface area contributed by atoms with E-state index in [9.17, 15) is 9.90 Å². The fourth-order valence-corrected chi connectivity index (χ4v) is 2.44. The van der Waals surface area contributed by atoms with Crippen LogP contribution in [0.25, 0.3) is 0 Å². The Balaban J connectivity index is 2.36. The number of nitrogens with zero attached hydrogens (tertiary/aromatic N) is 3. The average Bonchev–Trinajstić information content (AvgIpc) is 2.47. The van der Waals surface area contributed by atoms with Crippen LogP contribution in [0, 0.1) is 3.57 Å². The monoisotopic (exact) mass is 364 g/mol. The highest BCUT2D eigenvalue weighted by Crippen LogP contribution is 2.21. The van der Waals surface area contributed by atoms with Gasteiger partial charge in [-0.05, 0) is 56.2 Å². The Bertz CT molecular complexity index is 490. The van der Waals surface area contributed by atoms with Crippen LogP contribution in [-0.2, 0) is 0 Å². The minimum absolute atomic E-state index is 0.00750. The van der Waals surface area contributed by atoms with Gasteiger partial charge < -0.3 is 15.0 Å². The number of aromatic hydroxyl groups is 1. The molecule has 1 aromatic heterocycles. The fraction of sp³-hybridized carbons (Fsp3) is 0.636. The van der Waals surface area contributed by atoms with Crippen molar-refractivity contribution in [3.05, 3.63) is 19.7 Å². The van der Waals surface area contributed by atoms with E-state index in [0.717, 1.165) is 26.1 Å². The Morgan fingerprint density at radius 1 is 1.44 bits per heavy atom. The summed E-state index contributed by atoms with van der Waals surface area (Å²) >= 11 is 1.79. The second-order valence-electron chi connectivity index (χ2n) is 4.70. The van der Waals surface area contributed by atoms with Crippen LogP contribution in [0.2, 0.25) is 0 Å². The first kappa shape index (κ1) is 13.8. The van der Waals surface area contributed by atoms with Crippen molar-refractivity contribution < 1.29 is 5.11 Å². The predicted octanol–water partition coefficient (Wildman–Crippen LogP) is 0.388. The van der Waals surface area contributed by atoms with Crippen molar-refractivity contribution >= 4 is 22.6 Å². The summed E-state index contributed by atoms with van der Waals surface area (Å²) in [7, 11) is 4.07. The van der Waals surface area contributed by atoms with Gasteiger partial charge in [0.25, 0.3) is 5.56 Å². The Morgan fingerprint density at radius 3 is 2.83 bits per heavy atom. The van der Waals surface area contributed by atoms with E-state index < -0.39 is 0 Å². The van der Waals surface area contributed by atoms with Crippen molar-refractivity contribution in [3.8, 4) is 5.88 Å². The Morgan fingerprint density at radius 2 is 2.17 bits per heavy atom. The minimum Gasteiger partial charge on any atom is -0.492 e. The third-order valence-corrected chi connectivity index (χ3v) is 4.22. The summed E-state index contributed by atoms with van der Waals surface area (Å²) in [5, 5.41) is 9.66. The van der Waals surface area contributed by atoms with Gasteiger partial charge >= 0.3 is 0 Å². The summed E-state index contributed by atoms with van der Waals surface area (Å²) in [6.45, 7) is 2.77. The third-order valence-electron chi connectivity index (χ3n) is 3.25. The Labute approximate surface area is 119 Å². The maximum Gasteiger partial charge on any atom is 0.268 e. The van der Waals surface area contributed by atoms with Crippen molar-refractivity contribution in [1.82, 2.24) is 19.8 Å². The topological polar surface area (TPSA) is 72.5 Å². The summed E-state index contributed by atoms with van der Waals surface area (Å²) in [4.78, 5) is 22.9. The van der Waals surface area contributed by atoms with Crippen LogP contribution in [0.1, 0.15) is 18.3 Å². The molecule has 0 aliphatic carbocycles. The number of aromatic nitrogens is 2. The predicted molar refractivity (Wildman–Crippen MR) is 76.7 cm³/mol. The van der Waals surface area contributed by atoms with Gasteiger partial charge in [0.2, 0.25) is 5.88 Å². The van der Waals surface area contributed by atoms with E-state index in [-0.39, 0.29) is 21.1 Å². The molecular weight excluding hydrogens is 347 g/mol. The molecule has 1 aliphatic heterocycles. The van der Waals surface area contributed by atoms with E-state index >= 15 is 0 Å². The van der Waals surface area contributed by atoms with Crippen LogP contribution < -0.4 is 5.56 Å². The van der Waals surface area contributed by atoms with E-state index in [4.69, 9.17) is 0 Å². The maximum absolute atomic E-state index is 11.7. The van der Waals surface area contributed by atoms with Gasteiger partial charge in [0.05, 0.1) is 6.04 Å². The zero-order chi connectivity index (χ0) is 13.3. The molecule has 0 bridgehead atoms. The van der Waals surface area contributed by atoms with E-state index in [1.165, 1.54) is 0 Å². The summed E-state index contributed by atoms with van der Waals surface area (Å²) < 4.78 is 0.237. The molecule has 2 heterocycles. The number of aromatic amines is 1. The molecule has 7 heteroatoms. The lowest BCUT2D eigenvalue weighted by Gasteiger charge is -2.26. The number of likely N-dealkylation sites (N-methyl/N-ethyl adjacent to an activating group) is 2. The average molecular weight is 364 g/mol. The molecule has 0 aromatic carbocycles. The van der Waals surface area contributed by atoms with Crippen LogP contribution in [0.15, 0.2) is 4.79 Å². The standard InChI is InChI=1S/C11H17IN4O2/c1-15-4-3-5-16(2)7(6-15)9-13-10(17)8(12)11(18)14-9/h7H,3-6H2,1-2H3,(H2,13,14,17,18). The molecule has 0 amide bonds. The number of hydrogen-bond donors (Lipinski definition) is 2. The van der Waals surface area contributed by atoms with Crippen LogP contribution in [0.3, 0.4) is 0 Å². The van der Waals surface area contributed by atoms with Crippen LogP contribution in [0.4, 0.5) is 0 Å². The van der Waals surface area contributed by atoms with Gasteiger partial charge in [-0.1, -0.05) is 0 Å². The van der Waals surface area contributed by atoms with Gasteiger partial charge in [0.15, 0.2) is 0 Å². The third kappa shape index (κ3) is 2.83. The Kier molecular flexibility index (Phi) is 4.23. The zero-order valence-corrected chi connectivity index (χ0v) is 12.6. The van der Waals surface area contributed by atoms with Crippen molar-refractivity contribution in [2.75, 3.05) is 33.7 Å². The normalized spacial score (nSPS) is 22.9. The molecule has 1 aromatic rings. The lowest BCUT2D eigenvalue weighted by molar-refractivity contribution is 0.217. The second-order valence-corrected chi connectivity index (χ2v) is 5.78. The van der Waals surface area contributed by atoms with E-state index in [0.29, 0.717) is 5.82 Å². The molecule has 6 nitrogen and oxygen atoms in total. The van der Waals surface area contributed by atoms with Crippen molar-refractivity contribution in [3.63, 3.8) is 0 Å². The molecule has 1 aliphatic rings. The van der Waals surface area contributed by atoms with Crippen LogP contribution in [0.5, 0.6) is 5.88 Å². The Hall–Kier alpha value is -0.670. The van der Waals surface area contributed by atoms with E-state index in [2.05, 4.69) is 26.8 Å². The second kappa shape index (κ2) is 5.54. The molecule has 0 saturated carbocycles. The first-order valence-electron chi connectivity index (χ1n) is 5.86. The lowest BCUT2D eigenvalue weighted by atomic mass is 10.2. The number of H-pyrrole nitrogens is 1. The number of halogens is 1. The largest absolute Gasteiger partial charge is 0.492 e. The molecule has 2 N–H and O–H groups in total. The van der Waals surface area contributed by atoms with Gasteiger partial charge in [0, 0.05) is 6.54 Å². The van der Waals surface area contributed by atoms with Gasteiger partial charge in [-0.3, -0.25) is 9.69 Å². The van der Waals surface area contributed by atoms with Gasteiger partial charge in [-0.25, -0.2) is 0 Å². The first-order chi connectivity index (χ1) is 8.49. The van der Waals surface area contributed by atoms with Crippen LogP contribution >= 0.6 is 22.6 Å². The summed E-state index contributed by atoms with van der Waals surface area (Å²) in [5.41, 5.74) is -0.279. The first-order valence-corrected chi connectivity index (χ1v) is 6.94. The molecule has 0 spiro atoms. The molecule has 1 fully saturated rings. The number of nitrogens with one attached hydrogen (secondary N) is 1. The fourth-order valence-electron chi connectivity index (χ4n) is 2.19. The summed E-state index contributed by atoms with van der Waals surface area (Å²) in [6.07, 6.45) is 1.09. The van der Waals surface area contributed by atoms with E-state index in [1.807, 2.05) is 7.05 Å². The molecule has 18 heavy (non-hydrogen) atoms. The quantitative estimate of drug-likeness (QED) is 0.706. The van der Waals surface area contributed by atoms with Crippen molar-refractivity contribution in [2.45, 2.75) is 12.5 Å². The summed E-state index contributed by atoms with van der Waals surface area (Å²) in [5.74, 6) is 0.351. The lowest BCUT2D eigenvalue weighted by Crippen LogP contribution is -2.33. The highest BCUT2D eigenvalue weighted by atomic mass is 127. The maximum atomic E-state index is 11.7. The zero-order valence-electron chi connectivity index (χ0n) is 10.5. The van der Waals surface area contributed by atoms with E-state index in [1.54, 1.807) is 22.6 Å².